The molecule has 0 saturated carbocycles. The number of hydrogen-bond donors (Lipinski definition) is 3. The number of methoxy groups -OCH3 is 1. The molecule has 0 atom stereocenters. The van der Waals surface area contributed by atoms with E-state index in [1.54, 1.807) is 13.0 Å². The highest BCUT2D eigenvalue weighted by Gasteiger charge is 2.17. The van der Waals surface area contributed by atoms with Crippen molar-refractivity contribution in [1.82, 2.24) is 10.0 Å². The monoisotopic (exact) mass is 365 g/mol. The molecular formula is C14H24ClN3O4S. The summed E-state index contributed by atoms with van der Waals surface area (Å²) in [4.78, 5) is 12.1. The lowest BCUT2D eigenvalue weighted by Gasteiger charge is -2.11. The fraction of sp³-hybridized carbons (Fsp3) is 0.500. The van der Waals surface area contributed by atoms with Crippen molar-refractivity contribution in [3.05, 3.63) is 29.3 Å². The first-order valence-corrected chi connectivity index (χ1v) is 8.48. The van der Waals surface area contributed by atoms with Gasteiger partial charge in [-0.05, 0) is 37.6 Å². The van der Waals surface area contributed by atoms with E-state index in [-0.39, 0.29) is 36.4 Å². The lowest BCUT2D eigenvalue weighted by Crippen LogP contribution is -2.29. The molecule has 0 heterocycles. The molecule has 1 amide bonds. The molecule has 0 aliphatic carbocycles. The molecule has 0 unspecified atom stereocenters. The molecule has 132 valence electrons. The van der Waals surface area contributed by atoms with E-state index in [9.17, 15) is 13.2 Å². The number of benzene rings is 1. The van der Waals surface area contributed by atoms with Crippen LogP contribution >= 0.6 is 12.4 Å². The first-order valence-electron chi connectivity index (χ1n) is 7.00. The summed E-state index contributed by atoms with van der Waals surface area (Å²) in [5.74, 6) is -0.306. The van der Waals surface area contributed by atoms with Crippen molar-refractivity contribution >= 4 is 28.3 Å². The van der Waals surface area contributed by atoms with E-state index in [2.05, 4.69) is 10.0 Å². The van der Waals surface area contributed by atoms with Gasteiger partial charge in [0.1, 0.15) is 0 Å². The minimum Gasteiger partial charge on any atom is -0.383 e. The van der Waals surface area contributed by atoms with E-state index >= 15 is 0 Å². The Labute approximate surface area is 143 Å². The number of rotatable bonds is 9. The fourth-order valence-corrected chi connectivity index (χ4v) is 2.81. The lowest BCUT2D eigenvalue weighted by atomic mass is 10.1. The van der Waals surface area contributed by atoms with Crippen LogP contribution in [-0.2, 0) is 14.8 Å². The van der Waals surface area contributed by atoms with Crippen LogP contribution < -0.4 is 15.8 Å². The average molecular weight is 366 g/mol. The van der Waals surface area contributed by atoms with Crippen LogP contribution in [0.1, 0.15) is 22.3 Å². The van der Waals surface area contributed by atoms with Gasteiger partial charge in [-0.15, -0.1) is 12.4 Å². The van der Waals surface area contributed by atoms with Gasteiger partial charge in [0.15, 0.2) is 0 Å². The Hall–Kier alpha value is -1.19. The van der Waals surface area contributed by atoms with Gasteiger partial charge in [-0.2, -0.15) is 0 Å². The molecule has 1 aromatic carbocycles. The number of halogens is 1. The Morgan fingerprint density at radius 3 is 2.61 bits per heavy atom. The molecule has 0 aliphatic rings. The van der Waals surface area contributed by atoms with Crippen LogP contribution in [0.2, 0.25) is 0 Å². The largest absolute Gasteiger partial charge is 0.383 e. The van der Waals surface area contributed by atoms with Crippen molar-refractivity contribution in [3.63, 3.8) is 0 Å². The summed E-state index contributed by atoms with van der Waals surface area (Å²) in [7, 11) is -2.17. The van der Waals surface area contributed by atoms with Crippen molar-refractivity contribution in [1.29, 1.82) is 0 Å². The maximum atomic E-state index is 12.1. The molecule has 23 heavy (non-hydrogen) atoms. The SMILES string of the molecule is COCCNS(=O)(=O)c1ccc(C)c(C(=O)NCCCN)c1.Cl. The average Bonchev–Trinajstić information content (AvgIpc) is 2.47. The van der Waals surface area contributed by atoms with Crippen LogP contribution in [0, 0.1) is 6.92 Å². The normalized spacial score (nSPS) is 10.9. The summed E-state index contributed by atoms with van der Waals surface area (Å²) in [6.45, 7) is 3.14. The standard InChI is InChI=1S/C14H23N3O4S.ClH/c1-11-4-5-12(22(19,20)17-8-9-21-2)10-13(11)14(18)16-7-3-6-15;/h4-5,10,17H,3,6-9,15H2,1-2H3,(H,16,18);1H. The number of sulfonamides is 1. The van der Waals surface area contributed by atoms with Crippen LogP contribution in [0.4, 0.5) is 0 Å². The molecule has 0 radical (unpaired) electrons. The van der Waals surface area contributed by atoms with Gasteiger partial charge < -0.3 is 15.8 Å². The lowest BCUT2D eigenvalue weighted by molar-refractivity contribution is 0.0952. The van der Waals surface area contributed by atoms with Gasteiger partial charge in [0, 0.05) is 25.8 Å². The van der Waals surface area contributed by atoms with E-state index in [1.165, 1.54) is 19.2 Å². The van der Waals surface area contributed by atoms with Crippen LogP contribution in [0.15, 0.2) is 23.1 Å². The molecule has 7 nitrogen and oxygen atoms in total. The third-order valence-corrected chi connectivity index (χ3v) is 4.49. The highest BCUT2D eigenvalue weighted by molar-refractivity contribution is 7.89. The minimum absolute atomic E-state index is 0. The van der Waals surface area contributed by atoms with Gasteiger partial charge in [0.2, 0.25) is 10.0 Å². The molecule has 4 N–H and O–H groups in total. The predicted octanol–water partition coefficient (Wildman–Crippen LogP) is 0.420. The zero-order chi connectivity index (χ0) is 16.6. The highest BCUT2D eigenvalue weighted by Crippen LogP contribution is 2.15. The Morgan fingerprint density at radius 2 is 2.00 bits per heavy atom. The second-order valence-corrected chi connectivity index (χ2v) is 6.53. The zero-order valence-corrected chi connectivity index (χ0v) is 14.9. The maximum absolute atomic E-state index is 12.1. The summed E-state index contributed by atoms with van der Waals surface area (Å²) in [6.07, 6.45) is 0.668. The summed E-state index contributed by atoms with van der Waals surface area (Å²) < 4.78 is 31.5. The molecular weight excluding hydrogens is 342 g/mol. The molecule has 0 fully saturated rings. The smallest absolute Gasteiger partial charge is 0.251 e. The van der Waals surface area contributed by atoms with Crippen LogP contribution in [0.25, 0.3) is 0 Å². The number of carbonyl (C=O) groups is 1. The number of aryl methyl sites for hydroxylation is 1. The molecule has 0 bridgehead atoms. The Morgan fingerprint density at radius 1 is 1.30 bits per heavy atom. The summed E-state index contributed by atoms with van der Waals surface area (Å²) >= 11 is 0. The molecule has 9 heteroatoms. The van der Waals surface area contributed by atoms with Crippen LogP contribution in [-0.4, -0.2) is 47.7 Å². The fourth-order valence-electron chi connectivity index (χ4n) is 1.77. The number of hydrogen-bond acceptors (Lipinski definition) is 5. The first kappa shape index (κ1) is 21.8. The van der Waals surface area contributed by atoms with E-state index in [4.69, 9.17) is 10.5 Å². The number of nitrogens with one attached hydrogen (secondary N) is 2. The molecule has 0 spiro atoms. The highest BCUT2D eigenvalue weighted by atomic mass is 35.5. The third kappa shape index (κ3) is 6.84. The first-order chi connectivity index (χ1) is 10.4. The van der Waals surface area contributed by atoms with Gasteiger partial charge in [-0.3, -0.25) is 4.79 Å². The van der Waals surface area contributed by atoms with Crippen molar-refractivity contribution < 1.29 is 17.9 Å². The van der Waals surface area contributed by atoms with Gasteiger partial charge in [-0.1, -0.05) is 6.07 Å². The molecule has 0 aliphatic heterocycles. The quantitative estimate of drug-likeness (QED) is 0.549. The summed E-state index contributed by atoms with van der Waals surface area (Å²) in [5.41, 5.74) is 6.42. The summed E-state index contributed by atoms with van der Waals surface area (Å²) in [6, 6.07) is 4.46. The van der Waals surface area contributed by atoms with E-state index < -0.39 is 10.0 Å². The van der Waals surface area contributed by atoms with Gasteiger partial charge in [-0.25, -0.2) is 13.1 Å². The van der Waals surface area contributed by atoms with Crippen molar-refractivity contribution in [2.75, 3.05) is 33.4 Å². The Bertz CT molecular complexity index is 608. The van der Waals surface area contributed by atoms with Gasteiger partial charge in [0.25, 0.3) is 5.91 Å². The van der Waals surface area contributed by atoms with Crippen molar-refractivity contribution in [2.24, 2.45) is 5.73 Å². The predicted molar refractivity (Wildman–Crippen MR) is 91.5 cm³/mol. The molecule has 0 saturated heterocycles. The summed E-state index contributed by atoms with van der Waals surface area (Å²) in [5, 5.41) is 2.72. The number of ether oxygens (including phenoxy) is 1. The van der Waals surface area contributed by atoms with E-state index in [0.29, 0.717) is 30.6 Å². The second kappa shape index (κ2) is 10.6. The number of amides is 1. The number of nitrogens with two attached hydrogens (primary N) is 1. The molecule has 1 aromatic rings. The maximum Gasteiger partial charge on any atom is 0.251 e. The Kier molecular flexibility index (Phi) is 10.0. The second-order valence-electron chi connectivity index (χ2n) is 4.77. The number of carbonyl (C=O) groups excluding carboxylic acids is 1. The van der Waals surface area contributed by atoms with Crippen LogP contribution in [0.3, 0.4) is 0 Å². The van der Waals surface area contributed by atoms with E-state index in [1.807, 2.05) is 0 Å². The van der Waals surface area contributed by atoms with Gasteiger partial charge >= 0.3 is 0 Å². The molecule has 0 aromatic heterocycles. The Balaban J connectivity index is 0.00000484. The van der Waals surface area contributed by atoms with Crippen molar-refractivity contribution in [3.8, 4) is 0 Å². The van der Waals surface area contributed by atoms with Crippen molar-refractivity contribution in [2.45, 2.75) is 18.2 Å². The van der Waals surface area contributed by atoms with Gasteiger partial charge in [0.05, 0.1) is 11.5 Å². The van der Waals surface area contributed by atoms with E-state index in [0.717, 1.165) is 0 Å². The van der Waals surface area contributed by atoms with Crippen LogP contribution in [0.5, 0.6) is 0 Å². The molecule has 1 rings (SSSR count). The zero-order valence-electron chi connectivity index (χ0n) is 13.3. The minimum atomic E-state index is -3.66. The topological polar surface area (TPSA) is 111 Å². The third-order valence-electron chi connectivity index (χ3n) is 3.03.